The topological polar surface area (TPSA) is 59.0 Å². The molecule has 0 radical (unpaired) electrons. The van der Waals surface area contributed by atoms with Crippen LogP contribution in [0.1, 0.15) is 53.7 Å². The summed E-state index contributed by atoms with van der Waals surface area (Å²) in [7, 11) is 1.62. The lowest BCUT2D eigenvalue weighted by Gasteiger charge is -2.22. The van der Waals surface area contributed by atoms with Gasteiger partial charge in [0.25, 0.3) is 0 Å². The van der Waals surface area contributed by atoms with Crippen molar-refractivity contribution >= 4 is 11.9 Å². The number of carbonyl (C=O) groups excluding carboxylic acids is 1. The predicted octanol–water partition coefficient (Wildman–Crippen LogP) is 4.95. The van der Waals surface area contributed by atoms with E-state index in [1.165, 1.54) is 0 Å². The molecule has 2 aromatic carbocycles. The monoisotopic (exact) mass is 395 g/mol. The van der Waals surface area contributed by atoms with Gasteiger partial charge in [-0.15, -0.1) is 0 Å². The Labute approximate surface area is 172 Å². The van der Waals surface area contributed by atoms with E-state index in [0.717, 1.165) is 42.8 Å². The molecule has 1 aliphatic heterocycles. The van der Waals surface area contributed by atoms with E-state index in [9.17, 15) is 9.90 Å². The van der Waals surface area contributed by atoms with E-state index < -0.39 is 0 Å². The Balaban J connectivity index is 1.96. The first-order chi connectivity index (χ1) is 14.0. The normalized spacial score (nSPS) is 14.4. The number of rotatable bonds is 8. The highest BCUT2D eigenvalue weighted by Gasteiger charge is 2.33. The number of benzene rings is 2. The zero-order chi connectivity index (χ0) is 21.0. The molecule has 1 aliphatic rings. The highest BCUT2D eigenvalue weighted by atomic mass is 16.5. The van der Waals surface area contributed by atoms with E-state index in [4.69, 9.17) is 9.47 Å². The second-order valence-corrected chi connectivity index (χ2v) is 7.38. The Morgan fingerprint density at radius 3 is 2.38 bits per heavy atom. The lowest BCUT2D eigenvalue weighted by molar-refractivity contribution is 0.101. The highest BCUT2D eigenvalue weighted by molar-refractivity contribution is 6.15. The van der Waals surface area contributed by atoms with Crippen LogP contribution in [0, 0.1) is 6.92 Å². The number of methoxy groups -OCH3 is 1. The van der Waals surface area contributed by atoms with E-state index in [2.05, 4.69) is 18.7 Å². The molecule has 29 heavy (non-hydrogen) atoms. The number of hydrogen-bond donors (Lipinski definition) is 1. The van der Waals surface area contributed by atoms with Gasteiger partial charge >= 0.3 is 0 Å². The number of ketones is 1. The molecular formula is C24H29NO4. The number of Topliss-reactive ketones (excluding diaryl/α,β-unsaturated/α-hetero) is 1. The Bertz CT molecular complexity index is 909. The van der Waals surface area contributed by atoms with Gasteiger partial charge < -0.3 is 14.6 Å². The first-order valence-electron chi connectivity index (χ1n) is 10.1. The van der Waals surface area contributed by atoms with Crippen LogP contribution in [0.2, 0.25) is 0 Å². The fourth-order valence-electron chi connectivity index (χ4n) is 3.71. The second-order valence-electron chi connectivity index (χ2n) is 7.38. The molecule has 0 amide bonds. The smallest absolute Gasteiger partial charge is 0.232 e. The van der Waals surface area contributed by atoms with Crippen LogP contribution >= 0.6 is 0 Å². The van der Waals surface area contributed by atoms with Gasteiger partial charge in [0.1, 0.15) is 17.2 Å². The van der Waals surface area contributed by atoms with Crippen molar-refractivity contribution in [2.75, 3.05) is 20.2 Å². The van der Waals surface area contributed by atoms with Crippen molar-refractivity contribution in [1.29, 1.82) is 0 Å². The van der Waals surface area contributed by atoms with Gasteiger partial charge in [0, 0.05) is 6.54 Å². The maximum atomic E-state index is 13.0. The van der Waals surface area contributed by atoms with E-state index in [-0.39, 0.29) is 17.3 Å². The molecule has 0 fully saturated rings. The maximum absolute atomic E-state index is 13.0. The predicted molar refractivity (Wildman–Crippen MR) is 115 cm³/mol. The summed E-state index contributed by atoms with van der Waals surface area (Å²) in [5, 5.41) is 10.6. The third kappa shape index (κ3) is 4.46. The van der Waals surface area contributed by atoms with Crippen LogP contribution in [0.3, 0.4) is 0 Å². The van der Waals surface area contributed by atoms with Crippen LogP contribution in [0.4, 0.5) is 0 Å². The number of fused-ring (bicyclic) bond motifs is 1. The third-order valence-corrected chi connectivity index (χ3v) is 5.10. The number of carbonyl (C=O) groups is 1. The van der Waals surface area contributed by atoms with Gasteiger partial charge in [-0.1, -0.05) is 26.0 Å². The average molecular weight is 395 g/mol. The summed E-state index contributed by atoms with van der Waals surface area (Å²) in [6, 6.07) is 9.10. The van der Waals surface area contributed by atoms with Crippen molar-refractivity contribution in [3.63, 3.8) is 0 Å². The Morgan fingerprint density at radius 2 is 1.79 bits per heavy atom. The van der Waals surface area contributed by atoms with Gasteiger partial charge in [-0.3, -0.25) is 9.69 Å². The zero-order valence-corrected chi connectivity index (χ0v) is 17.6. The molecule has 3 rings (SSSR count). The molecule has 154 valence electrons. The Morgan fingerprint density at radius 1 is 1.14 bits per heavy atom. The van der Waals surface area contributed by atoms with Gasteiger partial charge in [-0.25, -0.2) is 0 Å². The first kappa shape index (κ1) is 20.9. The summed E-state index contributed by atoms with van der Waals surface area (Å²) >= 11 is 0. The summed E-state index contributed by atoms with van der Waals surface area (Å²) < 4.78 is 11.2. The number of aromatic hydroxyl groups is 1. The number of ether oxygens (including phenoxy) is 2. The zero-order valence-electron chi connectivity index (χ0n) is 17.6. The summed E-state index contributed by atoms with van der Waals surface area (Å²) in [6.45, 7) is 8.52. The number of aryl methyl sites for hydroxylation is 1. The quantitative estimate of drug-likeness (QED) is 0.641. The third-order valence-electron chi connectivity index (χ3n) is 5.10. The molecule has 0 bridgehead atoms. The van der Waals surface area contributed by atoms with Crippen molar-refractivity contribution in [1.82, 2.24) is 4.90 Å². The van der Waals surface area contributed by atoms with Crippen LogP contribution in [0.25, 0.3) is 6.08 Å². The molecule has 1 N–H and O–H groups in total. The molecule has 0 spiro atoms. The second kappa shape index (κ2) is 9.14. The number of phenols is 1. The summed E-state index contributed by atoms with van der Waals surface area (Å²) in [5.74, 6) is 1.55. The van der Waals surface area contributed by atoms with Gasteiger partial charge in [0.2, 0.25) is 5.78 Å². The minimum absolute atomic E-state index is 0.146. The van der Waals surface area contributed by atoms with E-state index in [1.54, 1.807) is 19.3 Å². The highest BCUT2D eigenvalue weighted by Crippen LogP contribution is 2.42. The van der Waals surface area contributed by atoms with E-state index in [1.807, 2.05) is 31.2 Å². The molecule has 5 nitrogen and oxygen atoms in total. The lowest BCUT2D eigenvalue weighted by Crippen LogP contribution is -2.25. The molecule has 0 aromatic heterocycles. The fourth-order valence-corrected chi connectivity index (χ4v) is 3.71. The van der Waals surface area contributed by atoms with Crippen molar-refractivity contribution in [3.8, 4) is 17.2 Å². The number of hydrogen-bond acceptors (Lipinski definition) is 5. The molecule has 2 aromatic rings. The minimum Gasteiger partial charge on any atom is -0.507 e. The van der Waals surface area contributed by atoms with Gasteiger partial charge in [-0.2, -0.15) is 0 Å². The van der Waals surface area contributed by atoms with Gasteiger partial charge in [-0.05, 0) is 68.3 Å². The van der Waals surface area contributed by atoms with Crippen LogP contribution in [-0.4, -0.2) is 36.0 Å². The van der Waals surface area contributed by atoms with Crippen LogP contribution in [-0.2, 0) is 6.54 Å². The Kier molecular flexibility index (Phi) is 6.60. The summed E-state index contributed by atoms with van der Waals surface area (Å²) in [6.07, 6.45) is 3.78. The molecule has 0 aliphatic carbocycles. The number of phenolic OH excluding ortho intramolecular Hbond substituents is 1. The summed E-state index contributed by atoms with van der Waals surface area (Å²) in [4.78, 5) is 15.3. The minimum atomic E-state index is -0.146. The average Bonchev–Trinajstić information content (AvgIpc) is 3.02. The van der Waals surface area contributed by atoms with Crippen molar-refractivity contribution in [2.24, 2.45) is 0 Å². The largest absolute Gasteiger partial charge is 0.507 e. The SMILES string of the molecule is CCCN(CCC)Cc1c(O)cc(C)c2c1O/C(=C/c1ccc(OC)cc1)C2=O. The van der Waals surface area contributed by atoms with E-state index in [0.29, 0.717) is 23.4 Å². The van der Waals surface area contributed by atoms with Crippen molar-refractivity contribution in [2.45, 2.75) is 40.2 Å². The molecule has 0 saturated heterocycles. The summed E-state index contributed by atoms with van der Waals surface area (Å²) in [5.41, 5.74) is 2.80. The molecule has 0 unspecified atom stereocenters. The molecule has 0 atom stereocenters. The number of nitrogens with zero attached hydrogens (tertiary/aromatic N) is 1. The maximum Gasteiger partial charge on any atom is 0.232 e. The molecule has 5 heteroatoms. The van der Waals surface area contributed by atoms with Crippen LogP contribution in [0.15, 0.2) is 36.1 Å². The first-order valence-corrected chi connectivity index (χ1v) is 10.1. The standard InChI is InChI=1S/C24H29NO4/c1-5-11-25(12-6-2)15-19-20(26)13-16(3)22-23(27)21(29-24(19)22)14-17-7-9-18(28-4)10-8-17/h7-10,13-14,26H,5-6,11-12,15H2,1-4H3/b21-14+. The lowest BCUT2D eigenvalue weighted by atomic mass is 9.99. The molecule has 1 heterocycles. The number of allylic oxidation sites excluding steroid dienone is 1. The van der Waals surface area contributed by atoms with Crippen molar-refractivity contribution in [3.05, 3.63) is 58.3 Å². The van der Waals surface area contributed by atoms with Gasteiger partial charge in [0.15, 0.2) is 5.76 Å². The molecule has 0 saturated carbocycles. The van der Waals surface area contributed by atoms with Crippen LogP contribution in [0.5, 0.6) is 17.2 Å². The molecular weight excluding hydrogens is 366 g/mol. The van der Waals surface area contributed by atoms with E-state index >= 15 is 0 Å². The Hall–Kier alpha value is -2.79. The van der Waals surface area contributed by atoms with Gasteiger partial charge in [0.05, 0.1) is 18.2 Å². The van der Waals surface area contributed by atoms with Crippen molar-refractivity contribution < 1.29 is 19.4 Å². The van der Waals surface area contributed by atoms with Crippen LogP contribution < -0.4 is 9.47 Å². The fraction of sp³-hybridized carbons (Fsp3) is 0.375.